The van der Waals surface area contributed by atoms with Gasteiger partial charge in [-0.15, -0.1) is 0 Å². The summed E-state index contributed by atoms with van der Waals surface area (Å²) in [5, 5.41) is 9.20. The highest BCUT2D eigenvalue weighted by molar-refractivity contribution is 5.76. The van der Waals surface area contributed by atoms with E-state index in [0.717, 1.165) is 6.07 Å². The third-order valence-corrected chi connectivity index (χ3v) is 4.76. The Labute approximate surface area is 183 Å². The van der Waals surface area contributed by atoms with Crippen LogP contribution >= 0.6 is 0 Å². The monoisotopic (exact) mass is 490 g/mol. The third-order valence-electron chi connectivity index (χ3n) is 4.76. The minimum atomic E-state index is -5.81. The predicted molar refractivity (Wildman–Crippen MR) is 98.0 cm³/mol. The molecule has 1 amide bonds. The molecule has 0 unspecified atom stereocenters. The lowest BCUT2D eigenvalue weighted by atomic mass is 10.1. The molecule has 186 valence electrons. The number of carboxylic acid groups (broad SMARTS) is 1. The van der Waals surface area contributed by atoms with Gasteiger partial charge in [0.25, 0.3) is 6.10 Å². The van der Waals surface area contributed by atoms with E-state index in [9.17, 15) is 45.4 Å². The summed E-state index contributed by atoms with van der Waals surface area (Å²) < 4.78 is 98.8. The molecule has 1 saturated heterocycles. The second-order valence-corrected chi connectivity index (χ2v) is 7.76. The van der Waals surface area contributed by atoms with Crippen molar-refractivity contribution < 1.29 is 54.9 Å². The van der Waals surface area contributed by atoms with Gasteiger partial charge in [-0.25, -0.2) is 14.0 Å². The van der Waals surface area contributed by atoms with Crippen LogP contribution < -0.4 is 4.74 Å². The van der Waals surface area contributed by atoms with Crippen LogP contribution in [0.25, 0.3) is 0 Å². The van der Waals surface area contributed by atoms with Gasteiger partial charge in [0.15, 0.2) is 17.2 Å². The largest absolute Gasteiger partial charge is 0.478 e. The molecule has 0 bridgehead atoms. The van der Waals surface area contributed by atoms with Gasteiger partial charge >= 0.3 is 24.4 Å². The van der Waals surface area contributed by atoms with Crippen molar-refractivity contribution in [2.75, 3.05) is 26.2 Å². The number of para-hydroxylation sites is 1. The number of amides is 1. The molecule has 0 saturated carbocycles. The van der Waals surface area contributed by atoms with E-state index in [1.54, 1.807) is 4.90 Å². The Bertz CT molecular complexity index is 851. The highest BCUT2D eigenvalue weighted by Crippen LogP contribution is 2.36. The minimum absolute atomic E-state index is 0.0239. The Morgan fingerprint density at radius 2 is 1.58 bits per heavy atom. The van der Waals surface area contributed by atoms with Crippen molar-refractivity contribution in [1.29, 1.82) is 0 Å². The minimum Gasteiger partial charge on any atom is -0.478 e. The molecular weight excluding hydrogens is 469 g/mol. The number of benzene rings is 1. The van der Waals surface area contributed by atoms with Gasteiger partial charge in [-0.2, -0.15) is 26.3 Å². The summed E-state index contributed by atoms with van der Waals surface area (Å²) in [5.41, 5.74) is -1.47. The van der Waals surface area contributed by atoms with Gasteiger partial charge in [-0.05, 0) is 19.9 Å². The first-order chi connectivity index (χ1) is 15.0. The summed E-state index contributed by atoms with van der Waals surface area (Å²) in [6, 6.07) is 3.92. The zero-order valence-corrected chi connectivity index (χ0v) is 17.5. The van der Waals surface area contributed by atoms with Crippen LogP contribution in [0.15, 0.2) is 18.2 Å². The first-order valence-corrected chi connectivity index (χ1v) is 9.53. The lowest BCUT2D eigenvalue weighted by Crippen LogP contribution is -2.52. The predicted octanol–water partition coefficient (Wildman–Crippen LogP) is 3.82. The van der Waals surface area contributed by atoms with Crippen LogP contribution in [0.1, 0.15) is 19.4 Å². The Balaban J connectivity index is 2.03. The van der Waals surface area contributed by atoms with E-state index in [0.29, 0.717) is 4.90 Å². The topological polar surface area (TPSA) is 79.3 Å². The molecule has 0 aromatic heterocycles. The van der Waals surface area contributed by atoms with E-state index in [1.807, 2.05) is 0 Å². The summed E-state index contributed by atoms with van der Waals surface area (Å²) >= 11 is 0. The number of rotatable bonds is 6. The number of carbonyl (C=O) groups is 2. The van der Waals surface area contributed by atoms with E-state index in [-0.39, 0.29) is 44.0 Å². The highest BCUT2D eigenvalue weighted by atomic mass is 19.4. The van der Waals surface area contributed by atoms with Crippen LogP contribution in [0.3, 0.4) is 0 Å². The molecule has 1 aromatic carbocycles. The Morgan fingerprint density at radius 1 is 1.03 bits per heavy atom. The lowest BCUT2D eigenvalue weighted by Gasteiger charge is -2.35. The number of nitrogens with zero attached hydrogens (tertiary/aromatic N) is 2. The molecule has 33 heavy (non-hydrogen) atoms. The quantitative estimate of drug-likeness (QED) is 0.611. The average Bonchev–Trinajstić information content (AvgIpc) is 2.67. The number of halogens is 7. The van der Waals surface area contributed by atoms with Gasteiger partial charge in [0.2, 0.25) is 0 Å². The van der Waals surface area contributed by atoms with Crippen LogP contribution in [0.5, 0.6) is 5.75 Å². The number of piperazine rings is 1. The number of aliphatic carboxylic acids is 1. The Morgan fingerprint density at radius 3 is 2.06 bits per heavy atom. The van der Waals surface area contributed by atoms with Gasteiger partial charge in [-0.3, -0.25) is 4.90 Å². The summed E-state index contributed by atoms with van der Waals surface area (Å²) in [5.74, 6) is -2.45. The fraction of sp³-hybridized carbons (Fsp3) is 0.579. The lowest BCUT2D eigenvalue weighted by molar-refractivity contribution is -0.308. The number of hydrogen-bond acceptors (Lipinski definition) is 5. The van der Waals surface area contributed by atoms with Crippen molar-refractivity contribution in [3.05, 3.63) is 29.6 Å². The second kappa shape index (κ2) is 9.61. The van der Waals surface area contributed by atoms with Crippen molar-refractivity contribution >= 4 is 12.1 Å². The number of carboxylic acids is 1. The fourth-order valence-corrected chi connectivity index (χ4v) is 2.92. The van der Waals surface area contributed by atoms with Gasteiger partial charge in [0, 0.05) is 38.3 Å². The molecule has 1 heterocycles. The van der Waals surface area contributed by atoms with Crippen LogP contribution in [-0.4, -0.2) is 77.2 Å². The molecule has 0 spiro atoms. The first kappa shape index (κ1) is 26.5. The maximum Gasteiger partial charge on any atom is 0.434 e. The molecule has 2 rings (SSSR count). The van der Waals surface area contributed by atoms with Crippen molar-refractivity contribution in [2.45, 2.75) is 44.4 Å². The Kier molecular flexibility index (Phi) is 7.71. The zero-order valence-electron chi connectivity index (χ0n) is 17.5. The van der Waals surface area contributed by atoms with Gasteiger partial charge in [0.1, 0.15) is 0 Å². The van der Waals surface area contributed by atoms with E-state index in [1.165, 1.54) is 26.0 Å². The normalized spacial score (nSPS) is 16.1. The number of alkyl halides is 6. The highest BCUT2D eigenvalue weighted by Gasteiger charge is 2.60. The van der Waals surface area contributed by atoms with Crippen LogP contribution in [0.2, 0.25) is 0 Å². The maximum atomic E-state index is 14.3. The zero-order chi connectivity index (χ0) is 25.2. The summed E-state index contributed by atoms with van der Waals surface area (Å²) in [7, 11) is 0. The third kappa shape index (κ3) is 6.85. The van der Waals surface area contributed by atoms with E-state index >= 15 is 0 Å². The molecule has 1 aromatic rings. The van der Waals surface area contributed by atoms with Crippen molar-refractivity contribution in [3.8, 4) is 5.75 Å². The van der Waals surface area contributed by atoms with Crippen LogP contribution in [0, 0.1) is 5.82 Å². The molecule has 14 heteroatoms. The van der Waals surface area contributed by atoms with E-state index in [4.69, 9.17) is 4.74 Å². The molecule has 1 fully saturated rings. The summed E-state index contributed by atoms with van der Waals surface area (Å²) in [6.45, 7) is 2.04. The smallest absolute Gasteiger partial charge is 0.434 e. The van der Waals surface area contributed by atoms with E-state index < -0.39 is 41.9 Å². The van der Waals surface area contributed by atoms with Gasteiger partial charge in [0.05, 0.1) is 0 Å². The van der Waals surface area contributed by atoms with Crippen LogP contribution in [0.4, 0.5) is 35.5 Å². The number of ether oxygens (including phenoxy) is 2. The van der Waals surface area contributed by atoms with Crippen molar-refractivity contribution in [1.82, 2.24) is 9.80 Å². The standard InChI is InChI=1S/C19H21F7N2O5/c1-17(2,15(29)30)33-13-11(4-3-5-12(13)20)10-27-6-8-28(9-7-27)16(31)32-14(18(21,22)23)19(24,25)26/h3-5,14H,6-10H2,1-2H3,(H,29,30). The number of hydrogen-bond donors (Lipinski definition) is 1. The van der Waals surface area contributed by atoms with Gasteiger partial charge in [-0.1, -0.05) is 12.1 Å². The molecular formula is C19H21F7N2O5. The maximum absolute atomic E-state index is 14.3. The summed E-state index contributed by atoms with van der Waals surface area (Å²) in [6.07, 6.45) is -17.6. The second-order valence-electron chi connectivity index (χ2n) is 7.76. The van der Waals surface area contributed by atoms with Gasteiger partial charge < -0.3 is 19.5 Å². The molecule has 1 aliphatic heterocycles. The Hall–Kier alpha value is -2.77. The average molecular weight is 490 g/mol. The SMILES string of the molecule is CC(C)(Oc1c(F)cccc1CN1CCN(C(=O)OC(C(F)(F)F)C(F)(F)F)CC1)C(=O)O. The molecule has 0 aliphatic carbocycles. The first-order valence-electron chi connectivity index (χ1n) is 9.53. The summed E-state index contributed by atoms with van der Waals surface area (Å²) in [4.78, 5) is 25.5. The number of carbonyl (C=O) groups excluding carboxylic acids is 1. The van der Waals surface area contributed by atoms with Crippen molar-refractivity contribution in [2.24, 2.45) is 0 Å². The van der Waals surface area contributed by atoms with E-state index in [2.05, 4.69) is 4.74 Å². The van der Waals surface area contributed by atoms with Crippen LogP contribution in [-0.2, 0) is 16.1 Å². The fourth-order valence-electron chi connectivity index (χ4n) is 2.92. The molecule has 7 nitrogen and oxygen atoms in total. The van der Waals surface area contributed by atoms with Crippen molar-refractivity contribution in [3.63, 3.8) is 0 Å². The molecule has 0 atom stereocenters. The molecule has 1 N–H and O–H groups in total. The molecule has 0 radical (unpaired) electrons. The molecule has 1 aliphatic rings.